The van der Waals surface area contributed by atoms with E-state index in [9.17, 15) is 13.2 Å². The summed E-state index contributed by atoms with van der Waals surface area (Å²) in [5.41, 5.74) is 0.749. The zero-order valence-corrected chi connectivity index (χ0v) is 17.8. The van der Waals surface area contributed by atoms with Gasteiger partial charge in [0.05, 0.1) is 17.5 Å². The molecule has 1 fully saturated rings. The Morgan fingerprint density at radius 2 is 1.96 bits per heavy atom. The van der Waals surface area contributed by atoms with Crippen LogP contribution in [0.2, 0.25) is 0 Å². The summed E-state index contributed by atoms with van der Waals surface area (Å²) >= 11 is 1.22. The highest BCUT2D eigenvalue weighted by Gasteiger charge is 2.48. The molecular weight excluding hydrogens is 400 g/mol. The van der Waals surface area contributed by atoms with E-state index in [1.54, 1.807) is 35.8 Å². The van der Waals surface area contributed by atoms with Gasteiger partial charge in [-0.25, -0.2) is 18.2 Å². The summed E-state index contributed by atoms with van der Waals surface area (Å²) in [5.74, 6) is 0. The lowest BCUT2D eigenvalue weighted by atomic mass is 9.77. The third-order valence-corrected chi connectivity index (χ3v) is 6.72. The minimum Gasteiger partial charge on any atom is -0.442 e. The molecule has 0 aliphatic carbocycles. The van der Waals surface area contributed by atoms with Crippen molar-refractivity contribution >= 4 is 38.3 Å². The van der Waals surface area contributed by atoms with Crippen molar-refractivity contribution in [3.8, 4) is 0 Å². The highest BCUT2D eigenvalue weighted by molar-refractivity contribution is 7.93. The Hall–Kier alpha value is -2.33. The molecule has 28 heavy (non-hydrogen) atoms. The number of hydrogen-bond donors (Lipinski definition) is 2. The van der Waals surface area contributed by atoms with E-state index in [1.165, 1.54) is 18.4 Å². The molecule has 1 aromatic carbocycles. The van der Waals surface area contributed by atoms with Gasteiger partial charge in [0.1, 0.15) is 6.10 Å². The molecule has 152 valence electrons. The summed E-state index contributed by atoms with van der Waals surface area (Å²) < 4.78 is 32.9. The van der Waals surface area contributed by atoms with Crippen molar-refractivity contribution in [1.29, 1.82) is 0 Å². The number of carbonyl (C=O) groups is 1. The van der Waals surface area contributed by atoms with Crippen molar-refractivity contribution in [2.45, 2.75) is 37.8 Å². The summed E-state index contributed by atoms with van der Waals surface area (Å²) in [5, 5.41) is 4.51. The van der Waals surface area contributed by atoms with E-state index in [0.717, 1.165) is 5.69 Å². The van der Waals surface area contributed by atoms with Gasteiger partial charge in [0, 0.05) is 24.3 Å². The maximum absolute atomic E-state index is 12.5. The van der Waals surface area contributed by atoms with Crippen LogP contribution in [0.4, 0.5) is 15.6 Å². The second kappa shape index (κ2) is 7.59. The number of anilines is 2. The predicted octanol–water partition coefficient (Wildman–Crippen LogP) is 2.90. The van der Waals surface area contributed by atoms with Crippen molar-refractivity contribution < 1.29 is 17.9 Å². The van der Waals surface area contributed by atoms with Crippen LogP contribution < -0.4 is 14.9 Å². The second-order valence-corrected chi connectivity index (χ2v) is 10.2. The van der Waals surface area contributed by atoms with E-state index < -0.39 is 16.1 Å². The van der Waals surface area contributed by atoms with Gasteiger partial charge < -0.3 is 15.0 Å². The van der Waals surface area contributed by atoms with Crippen LogP contribution in [0.5, 0.6) is 0 Å². The van der Waals surface area contributed by atoms with Crippen LogP contribution in [-0.4, -0.2) is 45.2 Å². The maximum Gasteiger partial charge on any atom is 0.407 e. The number of rotatable bonds is 5. The van der Waals surface area contributed by atoms with Crippen LogP contribution in [0.25, 0.3) is 0 Å². The average Bonchev–Trinajstić information content (AvgIpc) is 3.08. The lowest BCUT2D eigenvalue weighted by molar-refractivity contribution is 0.0157. The molecule has 0 radical (unpaired) electrons. The minimum atomic E-state index is -3.68. The highest BCUT2D eigenvalue weighted by atomic mass is 32.2. The number of amides is 1. The van der Waals surface area contributed by atoms with Gasteiger partial charge >= 0.3 is 6.09 Å². The molecule has 2 N–H and O–H groups in total. The molecule has 2 heterocycles. The van der Waals surface area contributed by atoms with Crippen LogP contribution in [-0.2, 0) is 14.8 Å². The molecule has 0 bridgehead atoms. The van der Waals surface area contributed by atoms with Crippen LogP contribution in [0.15, 0.2) is 40.7 Å². The first-order chi connectivity index (χ1) is 13.1. The first kappa shape index (κ1) is 20.4. The van der Waals surface area contributed by atoms with Crippen molar-refractivity contribution in [1.82, 2.24) is 10.3 Å². The van der Waals surface area contributed by atoms with Crippen molar-refractivity contribution in [3.05, 3.63) is 35.8 Å². The van der Waals surface area contributed by atoms with Gasteiger partial charge in [-0.1, -0.05) is 20.8 Å². The van der Waals surface area contributed by atoms with E-state index >= 15 is 0 Å². The molecule has 2 atom stereocenters. The lowest BCUT2D eigenvalue weighted by Gasteiger charge is -2.54. The van der Waals surface area contributed by atoms with E-state index in [-0.39, 0.29) is 22.5 Å². The monoisotopic (exact) mass is 424 g/mol. The molecule has 0 saturated carbocycles. The molecular formula is C18H24N4O4S2. The third kappa shape index (κ3) is 4.22. The summed E-state index contributed by atoms with van der Waals surface area (Å²) in [6.45, 7) is 6.81. The van der Waals surface area contributed by atoms with Gasteiger partial charge in [0.25, 0.3) is 10.0 Å². The van der Waals surface area contributed by atoms with Gasteiger partial charge in [-0.2, -0.15) is 0 Å². The number of nitrogens with one attached hydrogen (secondary N) is 2. The SMILES string of the molecule is CNC(=O)OC1CN(c2ccc(S(=O)(=O)Nc3nccs3)cc2)C1C(C)(C)C. The van der Waals surface area contributed by atoms with Crippen LogP contribution in [0, 0.1) is 5.41 Å². The standard InChI is InChI=1S/C18H24N4O4S2/c1-18(2,3)15-14(26-17(23)19-4)11-22(15)12-5-7-13(8-6-12)28(24,25)21-16-20-9-10-27-16/h5-10,14-15H,11H2,1-4H3,(H,19,23)(H,20,21). The largest absolute Gasteiger partial charge is 0.442 e. The highest BCUT2D eigenvalue weighted by Crippen LogP contribution is 2.39. The number of aromatic nitrogens is 1. The van der Waals surface area contributed by atoms with Crippen LogP contribution in [0.3, 0.4) is 0 Å². The first-order valence-electron chi connectivity index (χ1n) is 8.79. The van der Waals surface area contributed by atoms with Crippen molar-refractivity contribution in [3.63, 3.8) is 0 Å². The summed E-state index contributed by atoms with van der Waals surface area (Å²) in [6, 6.07) is 6.66. The van der Waals surface area contributed by atoms with E-state index in [1.807, 2.05) is 0 Å². The Labute approximate surface area is 169 Å². The quantitative estimate of drug-likeness (QED) is 0.765. The Bertz CT molecular complexity index is 921. The fraction of sp³-hybridized carbons (Fsp3) is 0.444. The molecule has 1 aliphatic heterocycles. The van der Waals surface area contributed by atoms with Gasteiger partial charge in [-0.3, -0.25) is 4.72 Å². The molecule has 2 unspecified atom stereocenters. The van der Waals surface area contributed by atoms with Gasteiger partial charge in [-0.15, -0.1) is 11.3 Å². The zero-order chi connectivity index (χ0) is 20.5. The zero-order valence-electron chi connectivity index (χ0n) is 16.2. The number of sulfonamides is 1. The van der Waals surface area contributed by atoms with Crippen molar-refractivity contribution in [2.75, 3.05) is 23.2 Å². The van der Waals surface area contributed by atoms with E-state index in [2.05, 4.69) is 40.7 Å². The Kier molecular flexibility index (Phi) is 5.53. The summed E-state index contributed by atoms with van der Waals surface area (Å²) in [7, 11) is -2.15. The smallest absolute Gasteiger partial charge is 0.407 e. The lowest BCUT2D eigenvalue weighted by Crippen LogP contribution is -2.67. The Balaban J connectivity index is 1.76. The number of ether oxygens (including phenoxy) is 1. The number of thiazole rings is 1. The fourth-order valence-electron chi connectivity index (χ4n) is 3.32. The number of carbonyl (C=O) groups excluding carboxylic acids is 1. The fourth-order valence-corrected chi connectivity index (χ4v) is 5.11. The van der Waals surface area contributed by atoms with Crippen LogP contribution in [0.1, 0.15) is 20.8 Å². The number of benzene rings is 1. The molecule has 0 spiro atoms. The predicted molar refractivity (Wildman–Crippen MR) is 109 cm³/mol. The van der Waals surface area contributed by atoms with E-state index in [4.69, 9.17) is 4.74 Å². The normalized spacial score (nSPS) is 19.6. The molecule has 1 aliphatic rings. The van der Waals surface area contributed by atoms with Crippen LogP contribution >= 0.6 is 11.3 Å². The number of hydrogen-bond acceptors (Lipinski definition) is 7. The summed E-state index contributed by atoms with van der Waals surface area (Å²) in [4.78, 5) is 17.8. The average molecular weight is 425 g/mol. The summed E-state index contributed by atoms with van der Waals surface area (Å²) in [6.07, 6.45) is 0.864. The van der Waals surface area contributed by atoms with Gasteiger partial charge in [0.15, 0.2) is 5.13 Å². The number of nitrogens with zero attached hydrogens (tertiary/aromatic N) is 2. The molecule has 1 aromatic heterocycles. The minimum absolute atomic E-state index is 0.0132. The first-order valence-corrected chi connectivity index (χ1v) is 11.2. The van der Waals surface area contributed by atoms with Gasteiger partial charge in [-0.05, 0) is 29.7 Å². The number of alkyl carbamates (subject to hydrolysis) is 1. The molecule has 8 nitrogen and oxygen atoms in total. The molecule has 1 amide bonds. The second-order valence-electron chi connectivity index (χ2n) is 7.59. The van der Waals surface area contributed by atoms with Crippen molar-refractivity contribution in [2.24, 2.45) is 5.41 Å². The molecule has 10 heteroatoms. The topological polar surface area (TPSA) is 101 Å². The molecule has 2 aromatic rings. The van der Waals surface area contributed by atoms with Gasteiger partial charge in [0.2, 0.25) is 0 Å². The third-order valence-electron chi connectivity index (χ3n) is 4.55. The van der Waals surface area contributed by atoms with E-state index in [0.29, 0.717) is 11.7 Å². The Morgan fingerprint density at radius 3 is 2.50 bits per heavy atom. The Morgan fingerprint density at radius 1 is 1.29 bits per heavy atom. The molecule has 3 rings (SSSR count). The molecule has 1 saturated heterocycles. The maximum atomic E-state index is 12.5.